The summed E-state index contributed by atoms with van der Waals surface area (Å²) in [5, 5.41) is 10.5. The van der Waals surface area contributed by atoms with Crippen LogP contribution in [0, 0.1) is 13.8 Å². The van der Waals surface area contributed by atoms with Crippen molar-refractivity contribution in [3.05, 3.63) is 34.9 Å². The molecule has 1 aromatic rings. The van der Waals surface area contributed by atoms with Crippen LogP contribution >= 0.6 is 0 Å². The third kappa shape index (κ3) is 4.40. The highest BCUT2D eigenvalue weighted by Gasteiger charge is 2.30. The molecule has 5 heteroatoms. The normalized spacial score (nSPS) is 26.2. The SMILES string of the molecule is Cc1ccc(C)c(C2CN(CC(O)CN3CCCC3=O)C(C)CO2)c1. The highest BCUT2D eigenvalue weighted by Crippen LogP contribution is 2.28. The highest BCUT2D eigenvalue weighted by atomic mass is 16.5. The van der Waals surface area contributed by atoms with Crippen molar-refractivity contribution in [2.24, 2.45) is 0 Å². The van der Waals surface area contributed by atoms with Crippen LogP contribution in [0.5, 0.6) is 0 Å². The first-order chi connectivity index (χ1) is 11.9. The van der Waals surface area contributed by atoms with Gasteiger partial charge in [-0.05, 0) is 38.3 Å². The first-order valence-electron chi connectivity index (χ1n) is 9.32. The van der Waals surface area contributed by atoms with Crippen LogP contribution in [-0.2, 0) is 9.53 Å². The summed E-state index contributed by atoms with van der Waals surface area (Å²) in [5.41, 5.74) is 3.72. The lowest BCUT2D eigenvalue weighted by atomic mass is 9.98. The monoisotopic (exact) mass is 346 g/mol. The van der Waals surface area contributed by atoms with E-state index in [1.807, 2.05) is 0 Å². The van der Waals surface area contributed by atoms with E-state index < -0.39 is 6.10 Å². The van der Waals surface area contributed by atoms with Crippen molar-refractivity contribution in [1.82, 2.24) is 9.80 Å². The first-order valence-corrected chi connectivity index (χ1v) is 9.32. The number of hydrogen-bond donors (Lipinski definition) is 1. The van der Waals surface area contributed by atoms with Crippen molar-refractivity contribution < 1.29 is 14.6 Å². The number of hydrogen-bond acceptors (Lipinski definition) is 4. The molecule has 3 rings (SSSR count). The topological polar surface area (TPSA) is 53.0 Å². The van der Waals surface area contributed by atoms with Gasteiger partial charge in [0.25, 0.3) is 0 Å². The van der Waals surface area contributed by atoms with Crippen LogP contribution in [0.25, 0.3) is 0 Å². The Morgan fingerprint density at radius 2 is 2.12 bits per heavy atom. The van der Waals surface area contributed by atoms with E-state index >= 15 is 0 Å². The van der Waals surface area contributed by atoms with Gasteiger partial charge in [0.15, 0.2) is 0 Å². The van der Waals surface area contributed by atoms with Gasteiger partial charge in [-0.15, -0.1) is 0 Å². The summed E-state index contributed by atoms with van der Waals surface area (Å²) in [6.07, 6.45) is 1.06. The van der Waals surface area contributed by atoms with E-state index in [0.717, 1.165) is 19.5 Å². The lowest BCUT2D eigenvalue weighted by molar-refractivity contribution is -0.129. The second-order valence-corrected chi connectivity index (χ2v) is 7.58. The van der Waals surface area contributed by atoms with Crippen molar-refractivity contribution in [2.45, 2.75) is 51.9 Å². The van der Waals surface area contributed by atoms with Crippen molar-refractivity contribution in [3.63, 3.8) is 0 Å². The van der Waals surface area contributed by atoms with E-state index in [9.17, 15) is 9.90 Å². The molecule has 1 amide bonds. The number of benzene rings is 1. The van der Waals surface area contributed by atoms with Crippen LogP contribution in [0.2, 0.25) is 0 Å². The summed E-state index contributed by atoms with van der Waals surface area (Å²) in [6.45, 7) is 9.58. The van der Waals surface area contributed by atoms with Gasteiger partial charge in [0.2, 0.25) is 5.91 Å². The first kappa shape index (κ1) is 18.4. The Labute approximate surface area is 150 Å². The molecule has 2 saturated heterocycles. The fourth-order valence-corrected chi connectivity index (χ4v) is 3.84. The molecule has 0 aromatic heterocycles. The number of amides is 1. The quantitative estimate of drug-likeness (QED) is 0.887. The number of nitrogens with zero attached hydrogens (tertiary/aromatic N) is 2. The van der Waals surface area contributed by atoms with Crippen LogP contribution in [0.4, 0.5) is 0 Å². The zero-order valence-corrected chi connectivity index (χ0v) is 15.6. The van der Waals surface area contributed by atoms with Crippen molar-refractivity contribution >= 4 is 5.91 Å². The van der Waals surface area contributed by atoms with E-state index in [1.165, 1.54) is 16.7 Å². The van der Waals surface area contributed by atoms with Crippen molar-refractivity contribution in [1.29, 1.82) is 0 Å². The number of aliphatic hydroxyl groups excluding tert-OH is 1. The zero-order valence-electron chi connectivity index (χ0n) is 15.6. The fraction of sp³-hybridized carbons (Fsp3) is 0.650. The molecule has 2 heterocycles. The molecule has 1 N–H and O–H groups in total. The molecule has 3 atom stereocenters. The molecule has 2 aliphatic rings. The largest absolute Gasteiger partial charge is 0.390 e. The lowest BCUT2D eigenvalue weighted by Gasteiger charge is -2.40. The molecule has 0 spiro atoms. The Kier molecular flexibility index (Phi) is 5.77. The maximum absolute atomic E-state index is 11.8. The van der Waals surface area contributed by atoms with Gasteiger partial charge in [0, 0.05) is 38.6 Å². The maximum Gasteiger partial charge on any atom is 0.222 e. The average Bonchev–Trinajstić information content (AvgIpc) is 2.97. The van der Waals surface area contributed by atoms with Gasteiger partial charge >= 0.3 is 0 Å². The molecule has 25 heavy (non-hydrogen) atoms. The smallest absolute Gasteiger partial charge is 0.222 e. The number of aliphatic hydroxyl groups is 1. The summed E-state index contributed by atoms with van der Waals surface area (Å²) >= 11 is 0. The van der Waals surface area contributed by atoms with E-state index in [-0.39, 0.29) is 18.1 Å². The van der Waals surface area contributed by atoms with Gasteiger partial charge in [0.1, 0.15) is 0 Å². The Morgan fingerprint density at radius 1 is 1.32 bits per heavy atom. The zero-order chi connectivity index (χ0) is 18.0. The van der Waals surface area contributed by atoms with Crippen LogP contribution in [-0.4, -0.2) is 65.7 Å². The average molecular weight is 346 g/mol. The molecule has 1 aromatic carbocycles. The van der Waals surface area contributed by atoms with Crippen molar-refractivity contribution in [3.8, 4) is 0 Å². The fourth-order valence-electron chi connectivity index (χ4n) is 3.84. The van der Waals surface area contributed by atoms with E-state index in [2.05, 4.69) is 43.9 Å². The van der Waals surface area contributed by atoms with Gasteiger partial charge in [-0.1, -0.05) is 23.8 Å². The molecule has 138 valence electrons. The van der Waals surface area contributed by atoms with Gasteiger partial charge in [-0.3, -0.25) is 9.69 Å². The molecular formula is C20H30N2O3. The van der Waals surface area contributed by atoms with Crippen molar-refractivity contribution in [2.75, 3.05) is 32.8 Å². The molecular weight excluding hydrogens is 316 g/mol. The summed E-state index contributed by atoms with van der Waals surface area (Å²) in [6, 6.07) is 6.74. The molecule has 3 unspecified atom stereocenters. The minimum Gasteiger partial charge on any atom is -0.390 e. The van der Waals surface area contributed by atoms with E-state index in [1.54, 1.807) is 4.90 Å². The van der Waals surface area contributed by atoms with Gasteiger partial charge in [0.05, 0.1) is 18.8 Å². The van der Waals surface area contributed by atoms with Crippen LogP contribution < -0.4 is 0 Å². The second kappa shape index (κ2) is 7.85. The summed E-state index contributed by atoms with van der Waals surface area (Å²) in [5.74, 6) is 0.169. The number of rotatable bonds is 5. The van der Waals surface area contributed by atoms with Crippen LogP contribution in [0.3, 0.4) is 0 Å². The standard InChI is InChI=1S/C20H30N2O3/c1-14-6-7-15(2)18(9-14)19-12-22(16(3)13-25-19)11-17(23)10-21-8-4-5-20(21)24/h6-7,9,16-17,19,23H,4-5,8,10-13H2,1-3H3. The molecule has 2 fully saturated rings. The molecule has 0 bridgehead atoms. The molecule has 2 aliphatic heterocycles. The Bertz CT molecular complexity index is 619. The number of ether oxygens (including phenoxy) is 1. The summed E-state index contributed by atoms with van der Waals surface area (Å²) in [7, 11) is 0. The number of aryl methyl sites for hydroxylation is 2. The second-order valence-electron chi connectivity index (χ2n) is 7.58. The molecule has 0 radical (unpaired) electrons. The summed E-state index contributed by atoms with van der Waals surface area (Å²) in [4.78, 5) is 15.8. The Hall–Kier alpha value is -1.43. The Morgan fingerprint density at radius 3 is 2.84 bits per heavy atom. The molecule has 0 aliphatic carbocycles. The predicted octanol–water partition coefficient (Wildman–Crippen LogP) is 2.05. The number of morpholine rings is 1. The third-order valence-corrected chi connectivity index (χ3v) is 5.39. The van der Waals surface area contributed by atoms with Crippen LogP contribution in [0.15, 0.2) is 18.2 Å². The number of carbonyl (C=O) groups is 1. The maximum atomic E-state index is 11.8. The third-order valence-electron chi connectivity index (χ3n) is 5.39. The minimum absolute atomic E-state index is 0.0386. The van der Waals surface area contributed by atoms with Gasteiger partial charge in [-0.2, -0.15) is 0 Å². The van der Waals surface area contributed by atoms with Gasteiger partial charge in [-0.25, -0.2) is 0 Å². The number of β-amino-alcohol motifs (C(OH)–C–C–N with tert-alkyl or cyclic N) is 1. The van der Waals surface area contributed by atoms with E-state index in [4.69, 9.17) is 4.74 Å². The number of carbonyl (C=O) groups excluding carboxylic acids is 1. The van der Waals surface area contributed by atoms with E-state index in [0.29, 0.717) is 26.1 Å². The molecule has 5 nitrogen and oxygen atoms in total. The minimum atomic E-state index is -0.512. The van der Waals surface area contributed by atoms with Gasteiger partial charge < -0.3 is 14.7 Å². The Balaban J connectivity index is 1.62. The van der Waals surface area contributed by atoms with Crippen LogP contribution in [0.1, 0.15) is 42.6 Å². The molecule has 0 saturated carbocycles. The highest BCUT2D eigenvalue weighted by molar-refractivity contribution is 5.78. The number of likely N-dealkylation sites (tertiary alicyclic amines) is 1. The predicted molar refractivity (Wildman–Crippen MR) is 97.5 cm³/mol. The lowest BCUT2D eigenvalue weighted by Crippen LogP contribution is -2.50. The summed E-state index contributed by atoms with van der Waals surface area (Å²) < 4.78 is 6.09.